The number of nitrogens with one attached hydrogen (secondary N) is 1. The van der Waals surface area contributed by atoms with Crippen molar-refractivity contribution in [2.45, 2.75) is 38.8 Å². The van der Waals surface area contributed by atoms with Gasteiger partial charge >= 0.3 is 0 Å². The van der Waals surface area contributed by atoms with Crippen LogP contribution in [0.25, 0.3) is 15.4 Å². The number of rotatable bonds is 5. The normalized spacial score (nSPS) is 21.1. The van der Waals surface area contributed by atoms with Gasteiger partial charge in [-0.3, -0.25) is 14.0 Å². The average molecular weight is 493 g/mol. The number of hydrogen-bond donors (Lipinski definition) is 2. The molecule has 3 aromatic heterocycles. The molecule has 0 radical (unpaired) electrons. The van der Waals surface area contributed by atoms with E-state index < -0.39 is 0 Å². The Balaban J connectivity index is 1.24. The van der Waals surface area contributed by atoms with Gasteiger partial charge in [0.15, 0.2) is 10.1 Å². The van der Waals surface area contributed by atoms with E-state index in [2.05, 4.69) is 15.3 Å². The van der Waals surface area contributed by atoms with Gasteiger partial charge in [-0.2, -0.15) is 0 Å². The number of likely N-dealkylation sites (tertiary alicyclic amines) is 1. The maximum atomic E-state index is 13.7. The number of carbonyl (C=O) groups excluding carboxylic acids is 2. The van der Waals surface area contributed by atoms with E-state index in [0.717, 1.165) is 33.8 Å². The predicted molar refractivity (Wildman–Crippen MR) is 133 cm³/mol. The lowest BCUT2D eigenvalue weighted by molar-refractivity contribution is 0.0684. The van der Waals surface area contributed by atoms with Crippen LogP contribution in [-0.2, 0) is 0 Å². The summed E-state index contributed by atoms with van der Waals surface area (Å²) in [5.74, 6) is 0.216. The maximum Gasteiger partial charge on any atom is 0.274 e. The number of anilines is 1. The molecule has 8 nitrogen and oxygen atoms in total. The van der Waals surface area contributed by atoms with Crippen molar-refractivity contribution in [2.24, 2.45) is 5.92 Å². The van der Waals surface area contributed by atoms with E-state index in [9.17, 15) is 9.59 Å². The quantitative estimate of drug-likeness (QED) is 0.441. The van der Waals surface area contributed by atoms with Gasteiger partial charge in [0.1, 0.15) is 11.4 Å². The standard InChI is InChI=1S/C24H24N6O2S2/c1-12-4-3-5-14(8-12)20-18(28-23(25)34-20)22(32)30-16(9-15-10-17(15)30)11-26-21(31)19-13(2)27-24-29(19)6-7-33-24/h3-8,15-17H,9-11H2,1-2H3,(H2,25,28)(H,26,31)/t15?,16-,17?/m0/s1. The van der Waals surface area contributed by atoms with Gasteiger partial charge in [-0.15, -0.1) is 11.3 Å². The number of amides is 2. The zero-order chi connectivity index (χ0) is 23.6. The Hall–Kier alpha value is -3.24. The van der Waals surface area contributed by atoms with Crippen LogP contribution in [0, 0.1) is 19.8 Å². The molecule has 0 spiro atoms. The van der Waals surface area contributed by atoms with E-state index in [1.807, 2.05) is 59.0 Å². The number of imidazole rings is 1. The lowest BCUT2D eigenvalue weighted by atomic mass is 10.1. The highest BCUT2D eigenvalue weighted by molar-refractivity contribution is 7.19. The first-order valence-corrected chi connectivity index (χ1v) is 13.0. The Labute approximate surface area is 204 Å². The van der Waals surface area contributed by atoms with Crippen molar-refractivity contribution in [1.29, 1.82) is 0 Å². The van der Waals surface area contributed by atoms with E-state index >= 15 is 0 Å². The molecule has 34 heavy (non-hydrogen) atoms. The zero-order valence-electron chi connectivity index (χ0n) is 18.8. The third-order valence-electron chi connectivity index (χ3n) is 6.72. The van der Waals surface area contributed by atoms with E-state index in [-0.39, 0.29) is 23.9 Å². The lowest BCUT2D eigenvalue weighted by Crippen LogP contribution is -2.45. The van der Waals surface area contributed by atoms with E-state index in [4.69, 9.17) is 5.73 Å². The first kappa shape index (κ1) is 21.3. The first-order valence-electron chi connectivity index (χ1n) is 11.3. The minimum Gasteiger partial charge on any atom is -0.375 e. The molecule has 1 saturated carbocycles. The van der Waals surface area contributed by atoms with Gasteiger partial charge in [-0.25, -0.2) is 9.97 Å². The van der Waals surface area contributed by atoms with Gasteiger partial charge in [0.05, 0.1) is 16.6 Å². The number of nitrogens with zero attached hydrogens (tertiary/aromatic N) is 4. The fourth-order valence-electron chi connectivity index (χ4n) is 5.11. The molecule has 1 aliphatic heterocycles. The number of fused-ring (bicyclic) bond motifs is 2. The van der Waals surface area contributed by atoms with Crippen molar-refractivity contribution in [3.8, 4) is 10.4 Å². The number of carbonyl (C=O) groups is 2. The van der Waals surface area contributed by atoms with Crippen LogP contribution >= 0.6 is 22.7 Å². The van der Waals surface area contributed by atoms with Crippen molar-refractivity contribution >= 4 is 44.6 Å². The van der Waals surface area contributed by atoms with Crippen LogP contribution in [0.15, 0.2) is 35.8 Å². The van der Waals surface area contributed by atoms with Gasteiger partial charge in [0, 0.05) is 24.2 Å². The van der Waals surface area contributed by atoms with E-state index in [1.54, 1.807) is 0 Å². The fraction of sp³-hybridized carbons (Fsp3) is 0.333. The Bertz CT molecular complexity index is 1440. The number of benzene rings is 1. The van der Waals surface area contributed by atoms with E-state index in [1.165, 1.54) is 22.7 Å². The molecule has 3 N–H and O–H groups in total. The van der Waals surface area contributed by atoms with Crippen molar-refractivity contribution in [1.82, 2.24) is 24.6 Å². The van der Waals surface area contributed by atoms with Crippen molar-refractivity contribution in [3.05, 3.63) is 58.5 Å². The Morgan fingerprint density at radius 3 is 2.91 bits per heavy atom. The molecule has 174 valence electrons. The third-order valence-corrected chi connectivity index (χ3v) is 8.41. The summed E-state index contributed by atoms with van der Waals surface area (Å²) in [5.41, 5.74) is 9.76. The van der Waals surface area contributed by atoms with Crippen molar-refractivity contribution < 1.29 is 9.59 Å². The molecule has 1 aromatic carbocycles. The number of nitrogens with two attached hydrogens (primary N) is 1. The molecule has 2 fully saturated rings. The number of aryl methyl sites for hydroxylation is 2. The van der Waals surface area contributed by atoms with Crippen LogP contribution in [0.2, 0.25) is 0 Å². The highest BCUT2D eigenvalue weighted by Gasteiger charge is 2.54. The summed E-state index contributed by atoms with van der Waals surface area (Å²) >= 11 is 2.84. The highest BCUT2D eigenvalue weighted by Crippen LogP contribution is 2.49. The van der Waals surface area contributed by atoms with Crippen LogP contribution in [0.1, 0.15) is 45.1 Å². The van der Waals surface area contributed by atoms with E-state index in [0.29, 0.717) is 34.7 Å². The molecule has 2 amide bonds. The van der Waals surface area contributed by atoms with Crippen LogP contribution in [0.5, 0.6) is 0 Å². The number of nitrogen functional groups attached to an aromatic ring is 1. The number of aromatic nitrogens is 3. The minimum atomic E-state index is -0.172. The van der Waals surface area contributed by atoms with Crippen molar-refractivity contribution in [3.63, 3.8) is 0 Å². The molecule has 4 aromatic rings. The minimum absolute atomic E-state index is 0.0697. The molecule has 0 bridgehead atoms. The summed E-state index contributed by atoms with van der Waals surface area (Å²) in [6, 6.07) is 8.17. The number of piperidine rings is 1. The zero-order valence-corrected chi connectivity index (χ0v) is 20.4. The Morgan fingerprint density at radius 1 is 1.24 bits per heavy atom. The molecule has 2 aliphatic rings. The predicted octanol–water partition coefficient (Wildman–Crippen LogP) is 3.75. The highest BCUT2D eigenvalue weighted by atomic mass is 32.1. The summed E-state index contributed by atoms with van der Waals surface area (Å²) < 4.78 is 1.82. The Morgan fingerprint density at radius 2 is 2.09 bits per heavy atom. The molecule has 1 aliphatic carbocycles. The summed E-state index contributed by atoms with van der Waals surface area (Å²) in [7, 11) is 0. The first-order chi connectivity index (χ1) is 16.4. The lowest BCUT2D eigenvalue weighted by Gasteiger charge is -2.27. The third kappa shape index (κ3) is 3.48. The molecule has 2 unspecified atom stereocenters. The van der Waals surface area contributed by atoms with Crippen LogP contribution < -0.4 is 11.1 Å². The molecule has 3 atom stereocenters. The van der Waals surface area contributed by atoms with Crippen LogP contribution in [0.3, 0.4) is 0 Å². The molecular weight excluding hydrogens is 468 g/mol. The Kier molecular flexibility index (Phi) is 4.96. The van der Waals surface area contributed by atoms with Crippen LogP contribution in [-0.4, -0.2) is 49.7 Å². The number of thiazole rings is 2. The second kappa shape index (κ2) is 7.92. The SMILES string of the molecule is Cc1cccc(-c2sc(N)nc2C(=O)N2C3CC3C[C@H]2CNC(=O)c2c(C)nc3sccn23)c1. The van der Waals surface area contributed by atoms with Gasteiger partial charge < -0.3 is 16.0 Å². The van der Waals surface area contributed by atoms with Gasteiger partial charge in [-0.05, 0) is 38.2 Å². The molecule has 6 rings (SSSR count). The monoisotopic (exact) mass is 492 g/mol. The summed E-state index contributed by atoms with van der Waals surface area (Å²) in [6.45, 7) is 4.26. The van der Waals surface area contributed by atoms with Gasteiger partial charge in [0.25, 0.3) is 11.8 Å². The second-order valence-corrected chi connectivity index (χ2v) is 11.0. The molecule has 10 heteroatoms. The van der Waals surface area contributed by atoms with Crippen LogP contribution in [0.4, 0.5) is 5.13 Å². The molecule has 4 heterocycles. The smallest absolute Gasteiger partial charge is 0.274 e. The number of hydrogen-bond acceptors (Lipinski definition) is 7. The molecular formula is C24H24N6O2S2. The summed E-state index contributed by atoms with van der Waals surface area (Å²) in [6.07, 6.45) is 3.75. The molecule has 1 saturated heterocycles. The maximum absolute atomic E-state index is 13.7. The van der Waals surface area contributed by atoms with Gasteiger partial charge in [-0.1, -0.05) is 41.2 Å². The van der Waals surface area contributed by atoms with Gasteiger partial charge in [0.2, 0.25) is 0 Å². The topological polar surface area (TPSA) is 106 Å². The largest absolute Gasteiger partial charge is 0.375 e. The second-order valence-electron chi connectivity index (χ2n) is 9.08. The summed E-state index contributed by atoms with van der Waals surface area (Å²) in [5, 5.41) is 5.35. The average Bonchev–Trinajstić information content (AvgIpc) is 3.16. The fourth-order valence-corrected chi connectivity index (χ4v) is 6.69. The summed E-state index contributed by atoms with van der Waals surface area (Å²) in [4.78, 5) is 39.2. The van der Waals surface area contributed by atoms with Crippen molar-refractivity contribution in [2.75, 3.05) is 12.3 Å².